The van der Waals surface area contributed by atoms with Crippen molar-refractivity contribution in [2.75, 3.05) is 12.4 Å². The standard InChI is InChI=1S/C7H13F3O3S.Li.H/c8-4-2-1-3-6(9)7(10)5-14(11,12)13;;/h6-7H,1-5H2,(H,11,12,13);;/q;+1;-1. The van der Waals surface area contributed by atoms with Gasteiger partial charge in [0.25, 0.3) is 10.1 Å². The molecule has 0 rings (SSSR count). The van der Waals surface area contributed by atoms with Gasteiger partial charge >= 0.3 is 18.9 Å². The summed E-state index contributed by atoms with van der Waals surface area (Å²) in [7, 11) is -4.49. The fraction of sp³-hybridized carbons (Fsp3) is 1.00. The molecule has 0 amide bonds. The molecule has 2 atom stereocenters. The van der Waals surface area contributed by atoms with E-state index in [9.17, 15) is 21.6 Å². The summed E-state index contributed by atoms with van der Waals surface area (Å²) in [6.45, 7) is -0.609. The van der Waals surface area contributed by atoms with Crippen LogP contribution in [0.3, 0.4) is 0 Å². The van der Waals surface area contributed by atoms with E-state index in [0.29, 0.717) is 0 Å². The van der Waals surface area contributed by atoms with Crippen molar-refractivity contribution in [2.45, 2.75) is 31.6 Å². The van der Waals surface area contributed by atoms with Gasteiger partial charge in [0, 0.05) is 0 Å². The van der Waals surface area contributed by atoms with Gasteiger partial charge in [-0.2, -0.15) is 8.42 Å². The zero-order chi connectivity index (χ0) is 11.2. The molecule has 0 spiro atoms. The largest absolute Gasteiger partial charge is 1.00 e. The second-order valence-electron chi connectivity index (χ2n) is 2.97. The first-order chi connectivity index (χ1) is 6.37. The molecule has 88 valence electrons. The van der Waals surface area contributed by atoms with E-state index in [-0.39, 0.29) is 39.5 Å². The number of alkyl halides is 3. The van der Waals surface area contributed by atoms with Crippen LogP contribution in [0.2, 0.25) is 0 Å². The molecular formula is C7H14F3LiO3S. The van der Waals surface area contributed by atoms with Crippen LogP contribution in [-0.2, 0) is 10.1 Å². The van der Waals surface area contributed by atoms with Gasteiger partial charge in [-0.15, -0.1) is 0 Å². The molecule has 0 aliphatic rings. The fourth-order valence-corrected chi connectivity index (χ4v) is 1.53. The van der Waals surface area contributed by atoms with Crippen LogP contribution in [0.15, 0.2) is 0 Å². The van der Waals surface area contributed by atoms with Gasteiger partial charge in [-0.25, -0.2) is 8.78 Å². The minimum absolute atomic E-state index is 0. The van der Waals surface area contributed by atoms with E-state index in [1.165, 1.54) is 0 Å². The van der Waals surface area contributed by atoms with Crippen molar-refractivity contribution in [1.82, 2.24) is 0 Å². The SMILES string of the molecule is O=S(=O)(O)CC(F)C(F)CCCCF.[H-].[Li+]. The van der Waals surface area contributed by atoms with Gasteiger partial charge in [0.1, 0.15) is 18.1 Å². The van der Waals surface area contributed by atoms with Crippen molar-refractivity contribution in [3.05, 3.63) is 0 Å². The van der Waals surface area contributed by atoms with Gasteiger partial charge in [0.15, 0.2) is 0 Å². The molecule has 1 N–H and O–H groups in total. The second kappa shape index (κ2) is 8.45. The van der Waals surface area contributed by atoms with Crippen LogP contribution in [0.4, 0.5) is 13.2 Å². The maximum Gasteiger partial charge on any atom is 1.00 e. The Labute approximate surface area is 101 Å². The predicted molar refractivity (Wildman–Crippen MR) is 47.1 cm³/mol. The van der Waals surface area contributed by atoms with Crippen LogP contribution in [-0.4, -0.2) is 37.7 Å². The van der Waals surface area contributed by atoms with Gasteiger partial charge < -0.3 is 1.43 Å². The Morgan fingerprint density at radius 3 is 2.13 bits per heavy atom. The molecule has 8 heteroatoms. The van der Waals surface area contributed by atoms with Crippen LogP contribution in [0.1, 0.15) is 20.7 Å². The molecule has 0 saturated carbocycles. The maximum absolute atomic E-state index is 12.8. The molecule has 0 aromatic rings. The Morgan fingerprint density at radius 2 is 1.73 bits per heavy atom. The second-order valence-corrected chi connectivity index (χ2v) is 4.46. The maximum atomic E-state index is 12.8. The number of hydrogen-bond acceptors (Lipinski definition) is 2. The summed E-state index contributed by atoms with van der Waals surface area (Å²) in [6, 6.07) is 0. The summed E-state index contributed by atoms with van der Waals surface area (Å²) in [4.78, 5) is 0. The predicted octanol–water partition coefficient (Wildman–Crippen LogP) is -1.19. The van der Waals surface area contributed by atoms with Gasteiger partial charge in [0.2, 0.25) is 0 Å². The van der Waals surface area contributed by atoms with E-state index in [4.69, 9.17) is 4.55 Å². The summed E-state index contributed by atoms with van der Waals surface area (Å²) in [5, 5.41) is 0. The van der Waals surface area contributed by atoms with Crippen molar-refractivity contribution in [2.24, 2.45) is 0 Å². The molecule has 0 aliphatic carbocycles. The summed E-state index contributed by atoms with van der Waals surface area (Å²) in [5.74, 6) is -1.25. The van der Waals surface area contributed by atoms with Crippen LogP contribution in [0.5, 0.6) is 0 Å². The van der Waals surface area contributed by atoms with Crippen LogP contribution in [0.25, 0.3) is 0 Å². The summed E-state index contributed by atoms with van der Waals surface area (Å²) >= 11 is 0. The Hall–Kier alpha value is 0.297. The van der Waals surface area contributed by atoms with Crippen molar-refractivity contribution in [1.29, 1.82) is 0 Å². The minimum Gasteiger partial charge on any atom is -1.00 e. The first-order valence-electron chi connectivity index (χ1n) is 4.16. The van der Waals surface area contributed by atoms with E-state index in [2.05, 4.69) is 0 Å². The summed E-state index contributed by atoms with van der Waals surface area (Å²) in [5.41, 5.74) is 0. The third kappa shape index (κ3) is 10.6. The normalized spacial score (nSPS) is 15.5. The first kappa shape index (κ1) is 17.7. The average Bonchev–Trinajstić information content (AvgIpc) is 2.01. The molecule has 0 bridgehead atoms. The molecule has 0 saturated heterocycles. The Balaban J connectivity index is -0.000000845. The Kier molecular flexibility index (Phi) is 9.96. The zero-order valence-corrected chi connectivity index (χ0v) is 9.31. The molecule has 0 aromatic carbocycles. The molecular weight excluding hydrogens is 228 g/mol. The van der Waals surface area contributed by atoms with E-state index < -0.39 is 34.9 Å². The Bertz CT molecular complexity index is 253. The average molecular weight is 242 g/mol. The van der Waals surface area contributed by atoms with Crippen molar-refractivity contribution in [3.8, 4) is 0 Å². The van der Waals surface area contributed by atoms with Gasteiger partial charge in [0.05, 0.1) is 6.67 Å². The number of rotatable bonds is 7. The van der Waals surface area contributed by atoms with E-state index in [0.717, 1.165) is 0 Å². The minimum atomic E-state index is -4.49. The van der Waals surface area contributed by atoms with Crippen molar-refractivity contribution < 1.29 is 46.4 Å². The fourth-order valence-electron chi connectivity index (χ4n) is 0.920. The van der Waals surface area contributed by atoms with E-state index in [1.54, 1.807) is 0 Å². The molecule has 0 fully saturated rings. The van der Waals surface area contributed by atoms with Crippen LogP contribution in [0, 0.1) is 0 Å². The molecule has 0 heterocycles. The quantitative estimate of drug-likeness (QED) is 0.347. The van der Waals surface area contributed by atoms with E-state index >= 15 is 0 Å². The van der Waals surface area contributed by atoms with Gasteiger partial charge in [-0.05, 0) is 19.3 Å². The van der Waals surface area contributed by atoms with Gasteiger partial charge in [-0.1, -0.05) is 0 Å². The van der Waals surface area contributed by atoms with Gasteiger partial charge in [-0.3, -0.25) is 8.94 Å². The number of hydrogen-bond donors (Lipinski definition) is 1. The third-order valence-corrected chi connectivity index (χ3v) is 2.37. The molecule has 0 aromatic heterocycles. The van der Waals surface area contributed by atoms with Crippen LogP contribution >= 0.6 is 0 Å². The van der Waals surface area contributed by atoms with Crippen molar-refractivity contribution >= 4 is 10.1 Å². The molecule has 2 unspecified atom stereocenters. The van der Waals surface area contributed by atoms with Crippen molar-refractivity contribution in [3.63, 3.8) is 0 Å². The molecule has 15 heavy (non-hydrogen) atoms. The topological polar surface area (TPSA) is 54.4 Å². The zero-order valence-electron chi connectivity index (χ0n) is 9.50. The van der Waals surface area contributed by atoms with E-state index in [1.807, 2.05) is 0 Å². The van der Waals surface area contributed by atoms with Crippen LogP contribution < -0.4 is 18.9 Å². The summed E-state index contributed by atoms with van der Waals surface area (Å²) in [6.07, 6.45) is -4.17. The smallest absolute Gasteiger partial charge is 1.00 e. The molecule has 3 nitrogen and oxygen atoms in total. The number of unbranched alkanes of at least 4 members (excludes halogenated alkanes) is 1. The first-order valence-corrected chi connectivity index (χ1v) is 5.77. The molecule has 0 radical (unpaired) electrons. The third-order valence-electron chi connectivity index (χ3n) is 1.63. The summed E-state index contributed by atoms with van der Waals surface area (Å²) < 4.78 is 65.6. The number of halogens is 3. The molecule has 0 aliphatic heterocycles. The monoisotopic (exact) mass is 242 g/mol. The Morgan fingerprint density at radius 1 is 1.20 bits per heavy atom.